The number of sulfonamides is 1. The van der Waals surface area contributed by atoms with E-state index in [2.05, 4.69) is 0 Å². The molecule has 0 aliphatic carbocycles. The zero-order valence-corrected chi connectivity index (χ0v) is 11.8. The predicted molar refractivity (Wildman–Crippen MR) is 76.1 cm³/mol. The second-order valence-corrected chi connectivity index (χ2v) is 6.63. The SMILES string of the molecule is CS(=O)(=O)N1CCN(c2ccc([N+](=O)[O-])c(N)c2)CC1. The van der Waals surface area contributed by atoms with E-state index in [1.807, 2.05) is 4.90 Å². The molecule has 2 rings (SSSR count). The fraction of sp³-hybridized carbons (Fsp3) is 0.455. The van der Waals surface area contributed by atoms with Crippen LogP contribution in [0.2, 0.25) is 0 Å². The summed E-state index contributed by atoms with van der Waals surface area (Å²) in [6.45, 7) is 1.86. The van der Waals surface area contributed by atoms with Crippen LogP contribution in [0, 0.1) is 10.1 Å². The van der Waals surface area contributed by atoms with Gasteiger partial charge in [-0.25, -0.2) is 8.42 Å². The highest BCUT2D eigenvalue weighted by atomic mass is 32.2. The topological polar surface area (TPSA) is 110 Å². The van der Waals surface area contributed by atoms with Gasteiger partial charge < -0.3 is 10.6 Å². The molecule has 1 aliphatic rings. The maximum atomic E-state index is 11.4. The quantitative estimate of drug-likeness (QED) is 0.487. The van der Waals surface area contributed by atoms with E-state index in [-0.39, 0.29) is 11.4 Å². The third-order valence-corrected chi connectivity index (χ3v) is 4.58. The molecule has 1 fully saturated rings. The van der Waals surface area contributed by atoms with Crippen molar-refractivity contribution in [3.05, 3.63) is 28.3 Å². The number of nitro groups is 1. The number of hydrogen-bond donors (Lipinski definition) is 1. The molecule has 1 saturated heterocycles. The van der Waals surface area contributed by atoms with Crippen molar-refractivity contribution in [2.45, 2.75) is 0 Å². The molecule has 1 aromatic rings. The summed E-state index contributed by atoms with van der Waals surface area (Å²) in [5.41, 5.74) is 6.40. The van der Waals surface area contributed by atoms with Gasteiger partial charge in [0.15, 0.2) is 0 Å². The van der Waals surface area contributed by atoms with Crippen molar-refractivity contribution in [3.63, 3.8) is 0 Å². The summed E-state index contributed by atoms with van der Waals surface area (Å²) < 4.78 is 24.2. The fourth-order valence-electron chi connectivity index (χ4n) is 2.18. The number of anilines is 2. The van der Waals surface area contributed by atoms with E-state index >= 15 is 0 Å². The van der Waals surface area contributed by atoms with Crippen LogP contribution in [0.5, 0.6) is 0 Å². The largest absolute Gasteiger partial charge is 0.393 e. The van der Waals surface area contributed by atoms with Gasteiger partial charge in [0.2, 0.25) is 10.0 Å². The van der Waals surface area contributed by atoms with Gasteiger partial charge in [0.25, 0.3) is 5.69 Å². The van der Waals surface area contributed by atoms with Crippen LogP contribution in [0.3, 0.4) is 0 Å². The molecule has 0 aromatic heterocycles. The maximum absolute atomic E-state index is 11.4. The molecule has 0 spiro atoms. The van der Waals surface area contributed by atoms with E-state index in [1.54, 1.807) is 12.1 Å². The smallest absolute Gasteiger partial charge is 0.292 e. The Morgan fingerprint density at radius 1 is 1.25 bits per heavy atom. The number of nitrogens with zero attached hydrogens (tertiary/aromatic N) is 3. The number of hydrogen-bond acceptors (Lipinski definition) is 6. The second-order valence-electron chi connectivity index (χ2n) is 4.65. The van der Waals surface area contributed by atoms with Crippen LogP contribution in [0.25, 0.3) is 0 Å². The molecule has 0 amide bonds. The van der Waals surface area contributed by atoms with E-state index in [0.717, 1.165) is 5.69 Å². The molecule has 1 aromatic carbocycles. The lowest BCUT2D eigenvalue weighted by molar-refractivity contribution is -0.383. The highest BCUT2D eigenvalue weighted by Crippen LogP contribution is 2.27. The van der Waals surface area contributed by atoms with Crippen molar-refractivity contribution in [1.29, 1.82) is 0 Å². The first-order valence-electron chi connectivity index (χ1n) is 6.03. The Balaban J connectivity index is 2.11. The number of piperazine rings is 1. The van der Waals surface area contributed by atoms with E-state index in [1.165, 1.54) is 16.6 Å². The summed E-state index contributed by atoms with van der Waals surface area (Å²) in [6.07, 6.45) is 1.19. The minimum atomic E-state index is -3.16. The van der Waals surface area contributed by atoms with Crippen LogP contribution < -0.4 is 10.6 Å². The van der Waals surface area contributed by atoms with Gasteiger partial charge in [-0.05, 0) is 12.1 Å². The van der Waals surface area contributed by atoms with Crippen LogP contribution in [0.1, 0.15) is 0 Å². The molecule has 0 bridgehead atoms. The summed E-state index contributed by atoms with van der Waals surface area (Å²) in [4.78, 5) is 12.1. The summed E-state index contributed by atoms with van der Waals surface area (Å²) in [7, 11) is -3.16. The van der Waals surface area contributed by atoms with Gasteiger partial charge in [-0.1, -0.05) is 0 Å². The molecule has 2 N–H and O–H groups in total. The Hall–Kier alpha value is -1.87. The van der Waals surface area contributed by atoms with Crippen molar-refractivity contribution in [2.75, 3.05) is 43.1 Å². The van der Waals surface area contributed by atoms with Crippen LogP contribution in [-0.4, -0.2) is 50.1 Å². The average molecular weight is 300 g/mol. The molecule has 8 nitrogen and oxygen atoms in total. The molecule has 0 atom stereocenters. The number of nitrogens with two attached hydrogens (primary N) is 1. The zero-order valence-electron chi connectivity index (χ0n) is 11.0. The molecular weight excluding hydrogens is 284 g/mol. The molecule has 0 unspecified atom stereocenters. The van der Waals surface area contributed by atoms with Crippen LogP contribution >= 0.6 is 0 Å². The number of benzene rings is 1. The molecule has 1 heterocycles. The highest BCUT2D eigenvalue weighted by molar-refractivity contribution is 7.88. The maximum Gasteiger partial charge on any atom is 0.292 e. The molecule has 110 valence electrons. The van der Waals surface area contributed by atoms with Gasteiger partial charge in [0.05, 0.1) is 11.2 Å². The van der Waals surface area contributed by atoms with E-state index in [0.29, 0.717) is 26.2 Å². The Bertz CT molecular complexity index is 623. The summed E-state index contributed by atoms with van der Waals surface area (Å²) in [6, 6.07) is 4.55. The molecule has 0 saturated carbocycles. The first-order chi connectivity index (χ1) is 9.29. The van der Waals surface area contributed by atoms with Crippen LogP contribution in [-0.2, 0) is 10.0 Å². The summed E-state index contributed by atoms with van der Waals surface area (Å²) in [5.74, 6) is 0. The minimum absolute atomic E-state index is 0.109. The van der Waals surface area contributed by atoms with Crippen molar-refractivity contribution < 1.29 is 13.3 Å². The molecule has 20 heavy (non-hydrogen) atoms. The molecule has 0 radical (unpaired) electrons. The highest BCUT2D eigenvalue weighted by Gasteiger charge is 2.24. The zero-order chi connectivity index (χ0) is 14.9. The first-order valence-corrected chi connectivity index (χ1v) is 7.88. The van der Waals surface area contributed by atoms with Gasteiger partial charge in [-0.2, -0.15) is 4.31 Å². The predicted octanol–water partition coefficient (Wildman–Crippen LogP) is 0.259. The standard InChI is InChI=1S/C11H16N4O4S/c1-20(18,19)14-6-4-13(5-7-14)9-2-3-11(15(16)17)10(12)8-9/h2-3,8H,4-7,12H2,1H3. The average Bonchev–Trinajstić information content (AvgIpc) is 2.37. The van der Waals surface area contributed by atoms with Gasteiger partial charge in [0.1, 0.15) is 5.69 Å². The Morgan fingerprint density at radius 2 is 1.85 bits per heavy atom. The normalized spacial score (nSPS) is 17.1. The Kier molecular flexibility index (Phi) is 3.82. The summed E-state index contributed by atoms with van der Waals surface area (Å²) >= 11 is 0. The van der Waals surface area contributed by atoms with Crippen molar-refractivity contribution in [1.82, 2.24) is 4.31 Å². The molecular formula is C11H16N4O4S. The lowest BCUT2D eigenvalue weighted by atomic mass is 10.2. The summed E-state index contributed by atoms with van der Waals surface area (Å²) in [5, 5.41) is 10.7. The molecule has 1 aliphatic heterocycles. The van der Waals surface area contributed by atoms with E-state index < -0.39 is 14.9 Å². The Labute approximate surface area is 117 Å². The minimum Gasteiger partial charge on any atom is -0.393 e. The van der Waals surface area contributed by atoms with Crippen LogP contribution in [0.15, 0.2) is 18.2 Å². The number of nitrogen functional groups attached to an aromatic ring is 1. The lowest BCUT2D eigenvalue weighted by Gasteiger charge is -2.34. The first kappa shape index (κ1) is 14.5. The number of rotatable bonds is 3. The third kappa shape index (κ3) is 2.99. The van der Waals surface area contributed by atoms with Crippen molar-refractivity contribution in [2.24, 2.45) is 0 Å². The van der Waals surface area contributed by atoms with E-state index in [9.17, 15) is 18.5 Å². The van der Waals surface area contributed by atoms with Gasteiger partial charge in [0, 0.05) is 37.9 Å². The van der Waals surface area contributed by atoms with Crippen molar-refractivity contribution in [3.8, 4) is 0 Å². The number of nitro benzene ring substituents is 1. The third-order valence-electron chi connectivity index (χ3n) is 3.28. The van der Waals surface area contributed by atoms with Gasteiger partial charge in [-0.15, -0.1) is 0 Å². The second kappa shape index (κ2) is 5.25. The van der Waals surface area contributed by atoms with Gasteiger partial charge in [-0.3, -0.25) is 10.1 Å². The molecule has 9 heteroatoms. The van der Waals surface area contributed by atoms with Gasteiger partial charge >= 0.3 is 0 Å². The van der Waals surface area contributed by atoms with E-state index in [4.69, 9.17) is 5.73 Å². The van der Waals surface area contributed by atoms with Crippen LogP contribution in [0.4, 0.5) is 17.1 Å². The van der Waals surface area contributed by atoms with Crippen molar-refractivity contribution >= 4 is 27.1 Å². The fourth-order valence-corrected chi connectivity index (χ4v) is 3.01. The Morgan fingerprint density at radius 3 is 2.30 bits per heavy atom. The lowest BCUT2D eigenvalue weighted by Crippen LogP contribution is -2.48. The monoisotopic (exact) mass is 300 g/mol.